The molecule has 0 aliphatic carbocycles. The third-order valence-electron chi connectivity index (χ3n) is 7.68. The highest BCUT2D eigenvalue weighted by Gasteiger charge is 2.15. The Kier molecular flexibility index (Phi) is 4.91. The normalized spacial score (nSPS) is 11.7. The molecule has 0 N–H and O–H groups in total. The van der Waals surface area contributed by atoms with Gasteiger partial charge in [0.1, 0.15) is 11.2 Å². The van der Waals surface area contributed by atoms with Crippen LogP contribution in [0.2, 0.25) is 5.02 Å². The number of fused-ring (bicyclic) bond motifs is 6. The first-order valence-corrected chi connectivity index (χ1v) is 13.4. The number of para-hydroxylation sites is 1. The largest absolute Gasteiger partial charge is 0.456 e. The summed E-state index contributed by atoms with van der Waals surface area (Å²) < 4.78 is 8.41. The van der Waals surface area contributed by atoms with Crippen molar-refractivity contribution >= 4 is 55.3 Å². The SMILES string of the molecule is Clc1cccc2oc3ccc(-c4ccc5c(c4)c4ccccc4n5-c4ccc(-c5ccccc5)cc4)cc3c12. The Hall–Kier alpha value is -4.79. The monoisotopic (exact) mass is 519 g/mol. The van der Waals surface area contributed by atoms with E-state index in [4.69, 9.17) is 16.0 Å². The molecule has 6 aromatic carbocycles. The van der Waals surface area contributed by atoms with Gasteiger partial charge in [-0.1, -0.05) is 90.5 Å². The van der Waals surface area contributed by atoms with E-state index >= 15 is 0 Å². The molecule has 0 atom stereocenters. The molecule has 0 saturated heterocycles. The van der Waals surface area contributed by atoms with Gasteiger partial charge >= 0.3 is 0 Å². The third kappa shape index (κ3) is 3.49. The number of hydrogen-bond acceptors (Lipinski definition) is 1. The van der Waals surface area contributed by atoms with Gasteiger partial charge in [0, 0.05) is 27.2 Å². The first-order chi connectivity index (χ1) is 19.2. The molecule has 2 aromatic heterocycles. The van der Waals surface area contributed by atoms with Gasteiger partial charge < -0.3 is 8.98 Å². The van der Waals surface area contributed by atoms with Crippen LogP contribution in [0.1, 0.15) is 0 Å². The van der Waals surface area contributed by atoms with Gasteiger partial charge in [-0.05, 0) is 76.9 Å². The first kappa shape index (κ1) is 22.2. The lowest BCUT2D eigenvalue weighted by Gasteiger charge is -2.10. The number of furan rings is 1. The molecule has 39 heavy (non-hydrogen) atoms. The van der Waals surface area contributed by atoms with Gasteiger partial charge in [-0.15, -0.1) is 0 Å². The van der Waals surface area contributed by atoms with Crippen LogP contribution in [0, 0.1) is 0 Å². The Morgan fingerprint density at radius 1 is 0.462 bits per heavy atom. The Morgan fingerprint density at radius 3 is 1.97 bits per heavy atom. The Bertz CT molecular complexity index is 2170. The number of aromatic nitrogens is 1. The number of halogens is 1. The summed E-state index contributed by atoms with van der Waals surface area (Å²) in [4.78, 5) is 0. The number of nitrogens with zero attached hydrogens (tertiary/aromatic N) is 1. The lowest BCUT2D eigenvalue weighted by Crippen LogP contribution is -1.93. The molecular weight excluding hydrogens is 498 g/mol. The van der Waals surface area contributed by atoms with E-state index in [2.05, 4.69) is 114 Å². The fourth-order valence-corrected chi connectivity index (χ4v) is 6.10. The number of rotatable bonds is 3. The average molecular weight is 520 g/mol. The fraction of sp³-hybridized carbons (Fsp3) is 0. The summed E-state index contributed by atoms with van der Waals surface area (Å²) >= 11 is 6.56. The fourth-order valence-electron chi connectivity index (χ4n) is 5.83. The van der Waals surface area contributed by atoms with E-state index in [1.165, 1.54) is 32.9 Å². The number of hydrogen-bond donors (Lipinski definition) is 0. The second kappa shape index (κ2) is 8.62. The summed E-state index contributed by atoms with van der Waals surface area (Å²) in [6.07, 6.45) is 0. The van der Waals surface area contributed by atoms with Crippen LogP contribution in [0.5, 0.6) is 0 Å². The van der Waals surface area contributed by atoms with Crippen molar-refractivity contribution in [2.75, 3.05) is 0 Å². The standard InChI is InChI=1S/C36H22ClNO/c37-31-10-6-12-35-36(31)30-22-26(16-20-34(30)39-35)25-15-19-33-29(21-25)28-9-4-5-11-32(28)38(33)27-17-13-24(14-18-27)23-7-2-1-3-8-23/h1-22H. The highest BCUT2D eigenvalue weighted by molar-refractivity contribution is 6.37. The average Bonchev–Trinajstić information content (AvgIpc) is 3.53. The molecule has 3 heteroatoms. The highest BCUT2D eigenvalue weighted by Crippen LogP contribution is 2.39. The van der Waals surface area contributed by atoms with Crippen LogP contribution in [0.15, 0.2) is 138 Å². The van der Waals surface area contributed by atoms with Crippen LogP contribution in [0.3, 0.4) is 0 Å². The van der Waals surface area contributed by atoms with Crippen LogP contribution in [-0.2, 0) is 0 Å². The second-order valence-electron chi connectivity index (χ2n) is 9.92. The van der Waals surface area contributed by atoms with Gasteiger partial charge in [0.2, 0.25) is 0 Å². The second-order valence-corrected chi connectivity index (χ2v) is 10.3. The lowest BCUT2D eigenvalue weighted by molar-refractivity contribution is 0.669. The first-order valence-electron chi connectivity index (χ1n) is 13.0. The predicted octanol–water partition coefficient (Wildman–Crippen LogP) is 10.7. The van der Waals surface area contributed by atoms with Crippen LogP contribution in [0.4, 0.5) is 0 Å². The van der Waals surface area contributed by atoms with Gasteiger partial charge in [-0.2, -0.15) is 0 Å². The maximum atomic E-state index is 6.56. The smallest absolute Gasteiger partial charge is 0.136 e. The minimum atomic E-state index is 0.709. The Balaban J connectivity index is 1.29. The molecule has 0 radical (unpaired) electrons. The van der Waals surface area contributed by atoms with Crippen molar-refractivity contribution in [2.45, 2.75) is 0 Å². The molecule has 184 valence electrons. The zero-order chi connectivity index (χ0) is 25.9. The highest BCUT2D eigenvalue weighted by atomic mass is 35.5. The van der Waals surface area contributed by atoms with Gasteiger partial charge in [0.25, 0.3) is 0 Å². The number of benzene rings is 6. The molecule has 8 rings (SSSR count). The van der Waals surface area contributed by atoms with Crippen molar-refractivity contribution in [2.24, 2.45) is 0 Å². The summed E-state index contributed by atoms with van der Waals surface area (Å²) in [5, 5.41) is 5.17. The molecule has 8 aromatic rings. The van der Waals surface area contributed by atoms with Crippen molar-refractivity contribution in [1.29, 1.82) is 0 Å². The van der Waals surface area contributed by atoms with Gasteiger partial charge in [0.05, 0.1) is 16.1 Å². The third-order valence-corrected chi connectivity index (χ3v) is 8.00. The van der Waals surface area contributed by atoms with Crippen LogP contribution in [0.25, 0.3) is 71.7 Å². The summed E-state index contributed by atoms with van der Waals surface area (Å²) in [6, 6.07) is 46.9. The summed E-state index contributed by atoms with van der Waals surface area (Å²) in [5.74, 6) is 0. The van der Waals surface area contributed by atoms with Gasteiger partial charge in [0.15, 0.2) is 0 Å². The maximum absolute atomic E-state index is 6.56. The minimum absolute atomic E-state index is 0.709. The van der Waals surface area contributed by atoms with E-state index in [1.807, 2.05) is 24.3 Å². The van der Waals surface area contributed by atoms with Crippen molar-refractivity contribution in [1.82, 2.24) is 4.57 Å². The van der Waals surface area contributed by atoms with Crippen molar-refractivity contribution in [3.05, 3.63) is 138 Å². The molecule has 2 nitrogen and oxygen atoms in total. The van der Waals surface area contributed by atoms with E-state index in [9.17, 15) is 0 Å². The molecular formula is C36H22ClNO. The Morgan fingerprint density at radius 2 is 1.13 bits per heavy atom. The molecule has 0 fully saturated rings. The molecule has 0 aliphatic heterocycles. The topological polar surface area (TPSA) is 18.1 Å². The van der Waals surface area contributed by atoms with E-state index < -0.39 is 0 Å². The van der Waals surface area contributed by atoms with E-state index in [1.54, 1.807) is 0 Å². The van der Waals surface area contributed by atoms with Crippen LogP contribution in [-0.4, -0.2) is 4.57 Å². The van der Waals surface area contributed by atoms with E-state index in [-0.39, 0.29) is 0 Å². The maximum Gasteiger partial charge on any atom is 0.136 e. The summed E-state index contributed by atoms with van der Waals surface area (Å²) in [6.45, 7) is 0. The molecule has 0 amide bonds. The van der Waals surface area contributed by atoms with E-state index in [0.717, 1.165) is 38.8 Å². The summed E-state index contributed by atoms with van der Waals surface area (Å²) in [5.41, 5.74) is 9.92. The van der Waals surface area contributed by atoms with Crippen LogP contribution < -0.4 is 0 Å². The zero-order valence-corrected chi connectivity index (χ0v) is 21.7. The van der Waals surface area contributed by atoms with E-state index in [0.29, 0.717) is 5.02 Å². The molecule has 0 aliphatic rings. The van der Waals surface area contributed by atoms with Gasteiger partial charge in [-0.25, -0.2) is 0 Å². The Labute approximate surface area is 230 Å². The molecule has 2 heterocycles. The molecule has 0 unspecified atom stereocenters. The zero-order valence-electron chi connectivity index (χ0n) is 20.9. The lowest BCUT2D eigenvalue weighted by atomic mass is 10.0. The van der Waals surface area contributed by atoms with Crippen molar-refractivity contribution in [3.8, 4) is 27.9 Å². The molecule has 0 saturated carbocycles. The van der Waals surface area contributed by atoms with Crippen molar-refractivity contribution < 1.29 is 4.42 Å². The molecule has 0 spiro atoms. The minimum Gasteiger partial charge on any atom is -0.456 e. The predicted molar refractivity (Wildman–Crippen MR) is 164 cm³/mol. The quantitative estimate of drug-likeness (QED) is 0.227. The van der Waals surface area contributed by atoms with Crippen molar-refractivity contribution in [3.63, 3.8) is 0 Å². The molecule has 0 bridgehead atoms. The van der Waals surface area contributed by atoms with Gasteiger partial charge in [-0.3, -0.25) is 0 Å². The summed E-state index contributed by atoms with van der Waals surface area (Å²) in [7, 11) is 0. The van der Waals surface area contributed by atoms with Crippen LogP contribution >= 0.6 is 11.6 Å².